The lowest BCUT2D eigenvalue weighted by Crippen LogP contribution is -2.46. The van der Waals surface area contributed by atoms with Gasteiger partial charge in [0.25, 0.3) is 5.91 Å². The Morgan fingerprint density at radius 2 is 2.06 bits per heavy atom. The molecule has 0 aromatic carbocycles. The molecule has 0 spiro atoms. The predicted molar refractivity (Wildman–Crippen MR) is 128 cm³/mol. The van der Waals surface area contributed by atoms with Crippen molar-refractivity contribution in [3.05, 3.63) is 40.0 Å². The van der Waals surface area contributed by atoms with Crippen molar-refractivity contribution < 1.29 is 9.53 Å². The molecule has 33 heavy (non-hydrogen) atoms. The third-order valence-corrected chi connectivity index (χ3v) is 7.95. The van der Waals surface area contributed by atoms with Crippen molar-refractivity contribution in [2.24, 2.45) is 7.05 Å². The summed E-state index contributed by atoms with van der Waals surface area (Å²) in [6.07, 6.45) is 3.27. The molecule has 0 aliphatic carbocycles. The molecule has 3 aromatic rings. The average molecular weight is 488 g/mol. The Labute approximate surface area is 201 Å². The normalized spacial score (nSPS) is 18.1. The fourth-order valence-corrected chi connectivity index (χ4v) is 5.82. The molecule has 11 heteroatoms. The lowest BCUT2D eigenvalue weighted by atomic mass is 10.0. The van der Waals surface area contributed by atoms with Crippen LogP contribution in [0, 0.1) is 0 Å². The van der Waals surface area contributed by atoms with E-state index in [0.717, 1.165) is 54.0 Å². The number of ether oxygens (including phenoxy) is 1. The Morgan fingerprint density at radius 3 is 2.76 bits per heavy atom. The topological polar surface area (TPSA) is 88.4 Å². The number of aromatic nitrogens is 4. The Hall–Kier alpha value is -2.53. The molecule has 0 saturated carbocycles. The number of amides is 1. The van der Waals surface area contributed by atoms with Crippen molar-refractivity contribution in [3.63, 3.8) is 0 Å². The highest BCUT2D eigenvalue weighted by molar-refractivity contribution is 7.16. The zero-order chi connectivity index (χ0) is 23.2. The molecule has 1 N–H and O–H groups in total. The Bertz CT molecular complexity index is 1190. The van der Waals surface area contributed by atoms with Gasteiger partial charge in [0.15, 0.2) is 0 Å². The van der Waals surface area contributed by atoms with Gasteiger partial charge in [0, 0.05) is 44.2 Å². The first-order valence-corrected chi connectivity index (χ1v) is 12.1. The summed E-state index contributed by atoms with van der Waals surface area (Å²) in [7, 11) is 1.83. The Kier molecular flexibility index (Phi) is 5.86. The minimum Gasteiger partial charge on any atom is -0.379 e. The van der Waals surface area contributed by atoms with Crippen LogP contribution in [0.5, 0.6) is 0 Å². The van der Waals surface area contributed by atoms with Gasteiger partial charge in [-0.15, -0.1) is 11.3 Å². The van der Waals surface area contributed by atoms with Crippen LogP contribution in [0.3, 0.4) is 0 Å². The van der Waals surface area contributed by atoms with Crippen LogP contribution in [-0.4, -0.2) is 74.8 Å². The van der Waals surface area contributed by atoms with E-state index in [1.54, 1.807) is 28.4 Å². The van der Waals surface area contributed by atoms with Crippen LogP contribution in [0.4, 0.5) is 11.8 Å². The Balaban J connectivity index is 1.38. The molecule has 2 aliphatic heterocycles. The molecule has 3 aromatic heterocycles. The van der Waals surface area contributed by atoms with Crippen LogP contribution in [0.15, 0.2) is 24.5 Å². The number of hydrogen-bond acceptors (Lipinski definition) is 8. The summed E-state index contributed by atoms with van der Waals surface area (Å²) in [6.45, 7) is 9.08. The number of aryl methyl sites for hydroxylation is 1. The molecule has 9 nitrogen and oxygen atoms in total. The minimum atomic E-state index is -0.392. The maximum absolute atomic E-state index is 13.3. The number of fused-ring (bicyclic) bond motifs is 1. The molecule has 1 amide bonds. The standard InChI is InChI=1S/C22H26ClN7O2S/c1-22(2)19-14(20(31)30(22)7-6-29-8-10-32-11-9-29)12-16(33-19)18-15(23)13-24-21(27-18)26-17-4-5-25-28(17)3/h4-5,12-13H,6-11H2,1-3H3,(H,24,26,27). The van der Waals surface area contributed by atoms with Gasteiger partial charge in [-0.2, -0.15) is 5.10 Å². The number of anilines is 2. The molecule has 0 unspecified atom stereocenters. The summed E-state index contributed by atoms with van der Waals surface area (Å²) < 4.78 is 7.13. The van der Waals surface area contributed by atoms with Gasteiger partial charge in [-0.25, -0.2) is 9.97 Å². The van der Waals surface area contributed by atoms with Crippen LogP contribution in [-0.2, 0) is 17.3 Å². The largest absolute Gasteiger partial charge is 0.379 e. The highest BCUT2D eigenvalue weighted by Gasteiger charge is 2.45. The number of halogens is 1. The summed E-state index contributed by atoms with van der Waals surface area (Å²) in [5.41, 5.74) is 0.952. The molecule has 0 bridgehead atoms. The van der Waals surface area contributed by atoms with Crippen LogP contribution in [0.25, 0.3) is 10.6 Å². The van der Waals surface area contributed by atoms with Crippen LogP contribution < -0.4 is 5.32 Å². The summed E-state index contributed by atoms with van der Waals surface area (Å²) in [6, 6.07) is 3.75. The SMILES string of the molecule is Cn1nccc1Nc1ncc(Cl)c(-c2cc3c(s2)C(C)(C)N(CCN2CCOCC2)C3=O)n1. The van der Waals surface area contributed by atoms with E-state index in [1.807, 2.05) is 24.1 Å². The van der Waals surface area contributed by atoms with Gasteiger partial charge in [0.1, 0.15) is 11.5 Å². The second-order valence-corrected chi connectivity index (χ2v) is 10.1. The maximum atomic E-state index is 13.3. The minimum absolute atomic E-state index is 0.0594. The van der Waals surface area contributed by atoms with Crippen molar-refractivity contribution in [1.29, 1.82) is 0 Å². The van der Waals surface area contributed by atoms with Gasteiger partial charge in [-0.05, 0) is 19.9 Å². The van der Waals surface area contributed by atoms with E-state index in [0.29, 0.717) is 23.2 Å². The molecule has 1 saturated heterocycles. The van der Waals surface area contributed by atoms with E-state index < -0.39 is 5.54 Å². The summed E-state index contributed by atoms with van der Waals surface area (Å²) in [5, 5.41) is 7.74. The number of carbonyl (C=O) groups excluding carboxylic acids is 1. The van der Waals surface area contributed by atoms with Crippen molar-refractivity contribution in [3.8, 4) is 10.6 Å². The van der Waals surface area contributed by atoms with Crippen molar-refractivity contribution in [2.45, 2.75) is 19.4 Å². The molecule has 2 aliphatic rings. The summed E-state index contributed by atoms with van der Waals surface area (Å²) in [5.74, 6) is 1.25. The van der Waals surface area contributed by atoms with Gasteiger partial charge < -0.3 is 15.0 Å². The van der Waals surface area contributed by atoms with Crippen LogP contribution in [0.1, 0.15) is 29.1 Å². The van der Waals surface area contributed by atoms with Gasteiger partial charge in [-0.1, -0.05) is 11.6 Å². The first-order valence-electron chi connectivity index (χ1n) is 10.9. The second-order valence-electron chi connectivity index (χ2n) is 8.68. The van der Waals surface area contributed by atoms with Gasteiger partial charge >= 0.3 is 0 Å². The number of nitrogens with zero attached hydrogens (tertiary/aromatic N) is 6. The lowest BCUT2D eigenvalue weighted by molar-refractivity contribution is 0.0263. The fourth-order valence-electron chi connectivity index (χ4n) is 4.30. The second kappa shape index (κ2) is 8.68. The summed E-state index contributed by atoms with van der Waals surface area (Å²) in [4.78, 5) is 28.5. The number of hydrogen-bond donors (Lipinski definition) is 1. The van der Waals surface area contributed by atoms with E-state index in [2.05, 4.69) is 39.1 Å². The molecule has 5 rings (SSSR count). The Morgan fingerprint density at radius 1 is 1.27 bits per heavy atom. The van der Waals surface area contributed by atoms with E-state index in [4.69, 9.17) is 16.3 Å². The molecule has 174 valence electrons. The van der Waals surface area contributed by atoms with E-state index >= 15 is 0 Å². The lowest BCUT2D eigenvalue weighted by Gasteiger charge is -2.35. The van der Waals surface area contributed by atoms with Crippen LogP contribution in [0.2, 0.25) is 5.02 Å². The summed E-state index contributed by atoms with van der Waals surface area (Å²) >= 11 is 8.03. The first kappa shape index (κ1) is 22.3. The molecular weight excluding hydrogens is 462 g/mol. The van der Waals surface area contributed by atoms with E-state index in [-0.39, 0.29) is 5.91 Å². The zero-order valence-corrected chi connectivity index (χ0v) is 20.4. The number of thiophene rings is 1. The highest BCUT2D eigenvalue weighted by Crippen LogP contribution is 2.46. The third-order valence-electron chi connectivity index (χ3n) is 6.22. The third kappa shape index (κ3) is 4.12. The molecule has 5 heterocycles. The zero-order valence-electron chi connectivity index (χ0n) is 18.8. The predicted octanol–water partition coefficient (Wildman–Crippen LogP) is 3.36. The molecular formula is C22H26ClN7O2S. The van der Waals surface area contributed by atoms with Crippen molar-refractivity contribution in [2.75, 3.05) is 44.7 Å². The number of rotatable bonds is 6. The van der Waals surface area contributed by atoms with Gasteiger partial charge in [0.2, 0.25) is 5.95 Å². The molecule has 0 atom stereocenters. The number of carbonyl (C=O) groups is 1. The van der Waals surface area contributed by atoms with Crippen LogP contribution >= 0.6 is 22.9 Å². The average Bonchev–Trinajstić information content (AvgIpc) is 3.46. The van der Waals surface area contributed by atoms with Crippen molar-refractivity contribution >= 4 is 40.6 Å². The first-order chi connectivity index (χ1) is 15.8. The smallest absolute Gasteiger partial charge is 0.255 e. The van der Waals surface area contributed by atoms with Gasteiger partial charge in [-0.3, -0.25) is 14.4 Å². The number of morpholine rings is 1. The molecule has 0 radical (unpaired) electrons. The number of nitrogens with one attached hydrogen (secondary N) is 1. The van der Waals surface area contributed by atoms with Crippen molar-refractivity contribution in [1.82, 2.24) is 29.5 Å². The monoisotopic (exact) mass is 487 g/mol. The van der Waals surface area contributed by atoms with Gasteiger partial charge in [0.05, 0.1) is 46.6 Å². The highest BCUT2D eigenvalue weighted by atomic mass is 35.5. The fraction of sp³-hybridized carbons (Fsp3) is 0.455. The van der Waals surface area contributed by atoms with E-state index in [9.17, 15) is 4.79 Å². The van der Waals surface area contributed by atoms with E-state index in [1.165, 1.54) is 0 Å². The molecule has 1 fully saturated rings. The quantitative estimate of drug-likeness (QED) is 0.570. The maximum Gasteiger partial charge on any atom is 0.255 e.